The molecule has 0 spiro atoms. The molecular formula is C14H17NO4. The molecule has 1 atom stereocenters. The number of ketones is 1. The van der Waals surface area contributed by atoms with Gasteiger partial charge in [0.25, 0.3) is 5.91 Å². The first-order chi connectivity index (χ1) is 8.93. The van der Waals surface area contributed by atoms with Crippen molar-refractivity contribution >= 4 is 23.3 Å². The lowest BCUT2D eigenvalue weighted by Gasteiger charge is -2.13. The number of rotatable bonds is 5. The predicted molar refractivity (Wildman–Crippen MR) is 70.9 cm³/mol. The van der Waals surface area contributed by atoms with Gasteiger partial charge in [-0.05, 0) is 26.0 Å². The van der Waals surface area contributed by atoms with Crippen LogP contribution in [0.3, 0.4) is 0 Å². The summed E-state index contributed by atoms with van der Waals surface area (Å²) < 4.78 is 4.89. The molecule has 102 valence electrons. The second-order valence-electron chi connectivity index (χ2n) is 4.11. The van der Waals surface area contributed by atoms with Gasteiger partial charge in [-0.1, -0.05) is 19.1 Å². The van der Waals surface area contributed by atoms with Crippen LogP contribution in [-0.4, -0.2) is 23.8 Å². The van der Waals surface area contributed by atoms with Crippen molar-refractivity contribution in [1.29, 1.82) is 0 Å². The second kappa shape index (κ2) is 6.68. The van der Waals surface area contributed by atoms with Gasteiger partial charge in [-0.15, -0.1) is 0 Å². The van der Waals surface area contributed by atoms with Crippen LogP contribution in [0.5, 0.6) is 0 Å². The van der Waals surface area contributed by atoms with E-state index in [0.717, 1.165) is 0 Å². The van der Waals surface area contributed by atoms with Crippen molar-refractivity contribution < 1.29 is 19.1 Å². The Morgan fingerprint density at radius 2 is 2.00 bits per heavy atom. The number of amides is 1. The van der Waals surface area contributed by atoms with E-state index in [1.807, 2.05) is 0 Å². The summed E-state index contributed by atoms with van der Waals surface area (Å²) in [5, 5.41) is 2.60. The lowest BCUT2D eigenvalue weighted by atomic mass is 10.1. The van der Waals surface area contributed by atoms with Crippen LogP contribution in [0.2, 0.25) is 0 Å². The van der Waals surface area contributed by atoms with Gasteiger partial charge in [0.1, 0.15) is 0 Å². The Bertz CT molecular complexity index is 496. The van der Waals surface area contributed by atoms with Gasteiger partial charge in [0.05, 0.1) is 0 Å². The molecule has 5 nitrogen and oxygen atoms in total. The first-order valence-electron chi connectivity index (χ1n) is 6.05. The third-order valence-electron chi connectivity index (χ3n) is 2.50. The number of Topliss-reactive ketones (excluding diaryl/α,β-unsaturated/α-hetero) is 1. The Morgan fingerprint density at radius 3 is 2.58 bits per heavy atom. The maximum Gasteiger partial charge on any atom is 0.306 e. The van der Waals surface area contributed by atoms with E-state index in [4.69, 9.17) is 4.74 Å². The molecule has 0 bridgehead atoms. The molecule has 1 aromatic rings. The average Bonchev–Trinajstić information content (AvgIpc) is 2.38. The molecule has 0 aliphatic rings. The SMILES string of the molecule is CCC(=O)O[C@@H](C)C(=O)Nc1cccc(C(C)=O)c1. The van der Waals surface area contributed by atoms with Crippen LogP contribution >= 0.6 is 0 Å². The third-order valence-corrected chi connectivity index (χ3v) is 2.50. The number of esters is 1. The number of hydrogen-bond donors (Lipinski definition) is 1. The topological polar surface area (TPSA) is 72.5 Å². The van der Waals surface area contributed by atoms with Crippen molar-refractivity contribution in [3.8, 4) is 0 Å². The highest BCUT2D eigenvalue weighted by molar-refractivity contribution is 5.98. The number of ether oxygens (including phenoxy) is 1. The summed E-state index contributed by atoms with van der Waals surface area (Å²) in [6, 6.07) is 6.58. The lowest BCUT2D eigenvalue weighted by molar-refractivity contribution is -0.152. The number of anilines is 1. The van der Waals surface area contributed by atoms with Crippen molar-refractivity contribution in [2.45, 2.75) is 33.3 Å². The molecule has 1 aromatic carbocycles. The van der Waals surface area contributed by atoms with Crippen molar-refractivity contribution in [2.24, 2.45) is 0 Å². The van der Waals surface area contributed by atoms with Gasteiger partial charge < -0.3 is 10.1 Å². The number of carbonyl (C=O) groups is 3. The van der Waals surface area contributed by atoms with E-state index in [-0.39, 0.29) is 12.2 Å². The minimum absolute atomic E-state index is 0.0819. The van der Waals surface area contributed by atoms with Gasteiger partial charge in [-0.3, -0.25) is 14.4 Å². The van der Waals surface area contributed by atoms with E-state index in [2.05, 4.69) is 5.32 Å². The standard InChI is InChI=1S/C14H17NO4/c1-4-13(17)19-10(3)14(18)15-12-7-5-6-11(8-12)9(2)16/h5-8,10H,4H2,1-3H3,(H,15,18)/t10-/m0/s1. The minimum Gasteiger partial charge on any atom is -0.453 e. The zero-order chi connectivity index (χ0) is 14.4. The van der Waals surface area contributed by atoms with Gasteiger partial charge in [0.2, 0.25) is 0 Å². The van der Waals surface area contributed by atoms with Crippen LogP contribution in [0.4, 0.5) is 5.69 Å². The lowest BCUT2D eigenvalue weighted by Crippen LogP contribution is -2.29. The molecule has 0 aliphatic carbocycles. The van der Waals surface area contributed by atoms with Crippen LogP contribution in [-0.2, 0) is 14.3 Å². The molecule has 1 N–H and O–H groups in total. The van der Waals surface area contributed by atoms with Crippen molar-refractivity contribution in [3.63, 3.8) is 0 Å². The zero-order valence-electron chi connectivity index (χ0n) is 11.2. The normalized spacial score (nSPS) is 11.5. The molecule has 1 amide bonds. The number of hydrogen-bond acceptors (Lipinski definition) is 4. The number of nitrogens with one attached hydrogen (secondary N) is 1. The maximum atomic E-state index is 11.8. The van der Waals surface area contributed by atoms with Gasteiger partial charge >= 0.3 is 5.97 Å². The predicted octanol–water partition coefficient (Wildman–Crippen LogP) is 2.17. The Labute approximate surface area is 111 Å². The molecule has 0 heterocycles. The first kappa shape index (κ1) is 14.9. The minimum atomic E-state index is -0.867. The van der Waals surface area contributed by atoms with Crippen LogP contribution in [0, 0.1) is 0 Å². The molecule has 0 radical (unpaired) electrons. The number of benzene rings is 1. The summed E-state index contributed by atoms with van der Waals surface area (Å²) in [5.74, 6) is -0.941. The highest BCUT2D eigenvalue weighted by Crippen LogP contribution is 2.12. The molecule has 0 aromatic heterocycles. The smallest absolute Gasteiger partial charge is 0.306 e. The van der Waals surface area contributed by atoms with Crippen LogP contribution in [0.25, 0.3) is 0 Å². The first-order valence-corrected chi connectivity index (χ1v) is 6.05. The van der Waals surface area contributed by atoms with E-state index < -0.39 is 18.0 Å². The summed E-state index contributed by atoms with van der Waals surface area (Å²) in [4.78, 5) is 34.1. The Kier molecular flexibility index (Phi) is 5.23. The van der Waals surface area contributed by atoms with Gasteiger partial charge in [0.15, 0.2) is 11.9 Å². The molecular weight excluding hydrogens is 246 g/mol. The Hall–Kier alpha value is -2.17. The molecule has 1 rings (SSSR count). The molecule has 0 saturated heterocycles. The monoisotopic (exact) mass is 263 g/mol. The van der Waals surface area contributed by atoms with E-state index in [1.54, 1.807) is 31.2 Å². The quantitative estimate of drug-likeness (QED) is 0.652. The fourth-order valence-corrected chi connectivity index (χ4v) is 1.39. The Morgan fingerprint density at radius 1 is 1.32 bits per heavy atom. The fourth-order valence-electron chi connectivity index (χ4n) is 1.39. The largest absolute Gasteiger partial charge is 0.453 e. The third kappa shape index (κ3) is 4.54. The highest BCUT2D eigenvalue weighted by atomic mass is 16.5. The zero-order valence-corrected chi connectivity index (χ0v) is 11.2. The van der Waals surface area contributed by atoms with E-state index in [1.165, 1.54) is 13.8 Å². The van der Waals surface area contributed by atoms with Crippen LogP contribution in [0.15, 0.2) is 24.3 Å². The summed E-state index contributed by atoms with van der Waals surface area (Å²) in [5.41, 5.74) is 1.01. The molecule has 0 unspecified atom stereocenters. The molecule has 0 aliphatic heterocycles. The number of carbonyl (C=O) groups excluding carboxylic acids is 3. The fraction of sp³-hybridized carbons (Fsp3) is 0.357. The van der Waals surface area contributed by atoms with Gasteiger partial charge in [-0.25, -0.2) is 0 Å². The van der Waals surface area contributed by atoms with Crippen molar-refractivity contribution in [3.05, 3.63) is 29.8 Å². The van der Waals surface area contributed by atoms with Crippen molar-refractivity contribution in [1.82, 2.24) is 0 Å². The van der Waals surface area contributed by atoms with Crippen molar-refractivity contribution in [2.75, 3.05) is 5.32 Å². The maximum absolute atomic E-state index is 11.8. The van der Waals surface area contributed by atoms with Crippen LogP contribution < -0.4 is 5.32 Å². The van der Waals surface area contributed by atoms with E-state index in [9.17, 15) is 14.4 Å². The molecule has 19 heavy (non-hydrogen) atoms. The van der Waals surface area contributed by atoms with Gasteiger partial charge in [-0.2, -0.15) is 0 Å². The molecule has 5 heteroatoms. The Balaban J connectivity index is 2.68. The molecule has 0 saturated carbocycles. The van der Waals surface area contributed by atoms with E-state index in [0.29, 0.717) is 11.3 Å². The van der Waals surface area contributed by atoms with E-state index >= 15 is 0 Å². The average molecular weight is 263 g/mol. The summed E-state index contributed by atoms with van der Waals surface area (Å²) in [6.07, 6.45) is -0.648. The highest BCUT2D eigenvalue weighted by Gasteiger charge is 2.17. The summed E-state index contributed by atoms with van der Waals surface area (Å²) in [7, 11) is 0. The molecule has 0 fully saturated rings. The summed E-state index contributed by atoms with van der Waals surface area (Å²) >= 11 is 0. The summed E-state index contributed by atoms with van der Waals surface area (Å²) in [6.45, 7) is 4.60. The van der Waals surface area contributed by atoms with Gasteiger partial charge in [0, 0.05) is 17.7 Å². The second-order valence-corrected chi connectivity index (χ2v) is 4.11. The van der Waals surface area contributed by atoms with Crippen LogP contribution in [0.1, 0.15) is 37.6 Å².